The highest BCUT2D eigenvalue weighted by atomic mass is 32.2. The first kappa shape index (κ1) is 14.7. The van der Waals surface area contributed by atoms with Crippen molar-refractivity contribution >= 4 is 9.84 Å². The van der Waals surface area contributed by atoms with Crippen molar-refractivity contribution in [2.75, 3.05) is 0 Å². The summed E-state index contributed by atoms with van der Waals surface area (Å²) in [5.41, 5.74) is 1.08. The molecule has 1 aromatic carbocycles. The molecule has 0 aromatic heterocycles. The number of nitrogens with zero attached hydrogens (tertiary/aromatic N) is 1. The van der Waals surface area contributed by atoms with E-state index in [9.17, 15) is 8.42 Å². The molecule has 0 saturated heterocycles. The van der Waals surface area contributed by atoms with Crippen molar-refractivity contribution in [3.05, 3.63) is 29.8 Å². The van der Waals surface area contributed by atoms with Gasteiger partial charge in [0.15, 0.2) is 9.84 Å². The second-order valence-corrected chi connectivity index (χ2v) is 7.26. The van der Waals surface area contributed by atoms with Gasteiger partial charge in [0.25, 0.3) is 0 Å². The van der Waals surface area contributed by atoms with Crippen LogP contribution in [0.1, 0.15) is 45.1 Å². The van der Waals surface area contributed by atoms with Crippen molar-refractivity contribution < 1.29 is 8.42 Å². The Balaban J connectivity index is 2.91. The molecule has 0 fully saturated rings. The van der Waals surface area contributed by atoms with Gasteiger partial charge in [-0.1, -0.05) is 19.1 Å². The van der Waals surface area contributed by atoms with Crippen LogP contribution in [-0.4, -0.2) is 13.7 Å². The van der Waals surface area contributed by atoms with Crippen molar-refractivity contribution in [1.82, 2.24) is 0 Å². The minimum absolute atomic E-state index is 0.278. The molecule has 1 aromatic rings. The van der Waals surface area contributed by atoms with Gasteiger partial charge < -0.3 is 0 Å². The highest BCUT2D eigenvalue weighted by Gasteiger charge is 2.19. The molecular formula is C14H19NO2S. The molecular weight excluding hydrogens is 246 g/mol. The lowest BCUT2D eigenvalue weighted by atomic mass is 9.97. The predicted molar refractivity (Wildman–Crippen MR) is 72.0 cm³/mol. The molecule has 0 saturated carbocycles. The van der Waals surface area contributed by atoms with Gasteiger partial charge in [0.1, 0.15) is 0 Å². The Morgan fingerprint density at radius 2 is 1.72 bits per heavy atom. The van der Waals surface area contributed by atoms with E-state index in [1.54, 1.807) is 26.0 Å². The maximum Gasteiger partial charge on any atom is 0.180 e. The van der Waals surface area contributed by atoms with Crippen LogP contribution < -0.4 is 0 Å². The maximum absolute atomic E-state index is 11.9. The lowest BCUT2D eigenvalue weighted by Crippen LogP contribution is -2.13. The molecule has 0 radical (unpaired) electrons. The third-order valence-corrected chi connectivity index (χ3v) is 5.26. The molecule has 1 atom stereocenters. The molecule has 0 bridgehead atoms. The van der Waals surface area contributed by atoms with Gasteiger partial charge in [0.05, 0.1) is 16.2 Å². The van der Waals surface area contributed by atoms with E-state index in [2.05, 4.69) is 6.07 Å². The number of hydrogen-bond acceptors (Lipinski definition) is 3. The van der Waals surface area contributed by atoms with E-state index in [1.807, 2.05) is 19.1 Å². The largest absolute Gasteiger partial charge is 0.223 e. The van der Waals surface area contributed by atoms with Crippen LogP contribution in [0.5, 0.6) is 0 Å². The van der Waals surface area contributed by atoms with Gasteiger partial charge in [-0.15, -0.1) is 0 Å². The molecule has 3 nitrogen and oxygen atoms in total. The summed E-state index contributed by atoms with van der Waals surface area (Å²) in [6.45, 7) is 5.40. The molecule has 0 aliphatic heterocycles. The highest BCUT2D eigenvalue weighted by Crippen LogP contribution is 2.23. The molecule has 18 heavy (non-hydrogen) atoms. The van der Waals surface area contributed by atoms with Crippen LogP contribution in [-0.2, 0) is 9.84 Å². The topological polar surface area (TPSA) is 57.9 Å². The van der Waals surface area contributed by atoms with E-state index in [1.165, 1.54) is 0 Å². The predicted octanol–water partition coefficient (Wildman–Crippen LogP) is 3.28. The average Bonchev–Trinajstić information content (AvgIpc) is 2.35. The van der Waals surface area contributed by atoms with Gasteiger partial charge in [-0.25, -0.2) is 8.42 Å². The number of benzene rings is 1. The fraction of sp³-hybridized carbons (Fsp3) is 0.500. The zero-order chi connectivity index (χ0) is 13.8. The smallest absolute Gasteiger partial charge is 0.180 e. The van der Waals surface area contributed by atoms with Crippen LogP contribution in [0, 0.1) is 11.3 Å². The molecule has 0 aliphatic carbocycles. The normalized spacial score (nSPS) is 13.3. The van der Waals surface area contributed by atoms with Crippen LogP contribution in [0.25, 0.3) is 0 Å². The Hall–Kier alpha value is -1.34. The fourth-order valence-corrected chi connectivity index (χ4v) is 2.77. The summed E-state index contributed by atoms with van der Waals surface area (Å²) in [6.07, 6.45) is 1.32. The summed E-state index contributed by atoms with van der Waals surface area (Å²) in [5.74, 6) is 0.278. The minimum Gasteiger partial charge on any atom is -0.223 e. The van der Waals surface area contributed by atoms with Gasteiger partial charge in [0, 0.05) is 6.42 Å². The zero-order valence-corrected chi connectivity index (χ0v) is 11.9. The molecule has 1 rings (SSSR count). The van der Waals surface area contributed by atoms with E-state index < -0.39 is 15.1 Å². The lowest BCUT2D eigenvalue weighted by Gasteiger charge is -2.12. The van der Waals surface area contributed by atoms with Gasteiger partial charge in [-0.05, 0) is 43.9 Å². The molecule has 98 valence electrons. The van der Waals surface area contributed by atoms with Crippen molar-refractivity contribution in [3.63, 3.8) is 0 Å². The lowest BCUT2D eigenvalue weighted by molar-refractivity contribution is 0.587. The first-order valence-electron chi connectivity index (χ1n) is 6.10. The second-order valence-electron chi connectivity index (χ2n) is 4.76. The van der Waals surface area contributed by atoms with Crippen LogP contribution >= 0.6 is 0 Å². The summed E-state index contributed by atoms with van der Waals surface area (Å²) in [7, 11) is -3.19. The third kappa shape index (κ3) is 3.33. The fourth-order valence-electron chi connectivity index (χ4n) is 1.71. The summed E-state index contributed by atoms with van der Waals surface area (Å²) in [4.78, 5) is 0.369. The number of rotatable bonds is 5. The Morgan fingerprint density at radius 1 is 1.17 bits per heavy atom. The van der Waals surface area contributed by atoms with Crippen molar-refractivity contribution in [2.24, 2.45) is 0 Å². The molecule has 0 heterocycles. The van der Waals surface area contributed by atoms with E-state index in [4.69, 9.17) is 5.26 Å². The van der Waals surface area contributed by atoms with E-state index >= 15 is 0 Å². The maximum atomic E-state index is 11.9. The van der Waals surface area contributed by atoms with Crippen LogP contribution in [0.2, 0.25) is 0 Å². The average molecular weight is 265 g/mol. The zero-order valence-electron chi connectivity index (χ0n) is 11.1. The van der Waals surface area contributed by atoms with Crippen molar-refractivity contribution in [2.45, 2.75) is 49.7 Å². The molecule has 0 spiro atoms. The standard InChI is InChI=1S/C14H19NO2S/c1-11(2)18(16,17)14-8-6-13(7-9-14)12(3)5-4-10-15/h6-9,11-12H,4-5H2,1-3H3. The summed E-state index contributed by atoms with van der Waals surface area (Å²) >= 11 is 0. The monoisotopic (exact) mass is 265 g/mol. The molecule has 0 N–H and O–H groups in total. The Bertz CT molecular complexity index is 524. The summed E-state index contributed by atoms with van der Waals surface area (Å²) in [6, 6.07) is 9.13. The Labute approximate surface area is 109 Å². The quantitative estimate of drug-likeness (QED) is 0.821. The molecule has 0 amide bonds. The van der Waals surface area contributed by atoms with Crippen molar-refractivity contribution in [3.8, 4) is 6.07 Å². The van der Waals surface area contributed by atoms with Crippen LogP contribution in [0.4, 0.5) is 0 Å². The van der Waals surface area contributed by atoms with Gasteiger partial charge in [-0.3, -0.25) is 0 Å². The van der Waals surface area contributed by atoms with E-state index in [-0.39, 0.29) is 5.92 Å². The minimum atomic E-state index is -3.19. The summed E-state index contributed by atoms with van der Waals surface area (Å²) < 4.78 is 23.9. The van der Waals surface area contributed by atoms with Crippen molar-refractivity contribution in [1.29, 1.82) is 5.26 Å². The third-order valence-electron chi connectivity index (χ3n) is 3.09. The Morgan fingerprint density at radius 3 is 2.17 bits per heavy atom. The summed E-state index contributed by atoms with van der Waals surface area (Å²) in [5, 5.41) is 8.14. The van der Waals surface area contributed by atoms with Crippen LogP contribution in [0.3, 0.4) is 0 Å². The van der Waals surface area contributed by atoms with Gasteiger partial charge >= 0.3 is 0 Å². The van der Waals surface area contributed by atoms with Crippen LogP contribution in [0.15, 0.2) is 29.2 Å². The molecule has 4 heteroatoms. The number of nitriles is 1. The number of hydrogen-bond donors (Lipinski definition) is 0. The van der Waals surface area contributed by atoms with E-state index in [0.29, 0.717) is 11.3 Å². The molecule has 0 aliphatic rings. The van der Waals surface area contributed by atoms with Gasteiger partial charge in [-0.2, -0.15) is 5.26 Å². The highest BCUT2D eigenvalue weighted by molar-refractivity contribution is 7.92. The number of sulfone groups is 1. The van der Waals surface area contributed by atoms with Gasteiger partial charge in [0.2, 0.25) is 0 Å². The molecule has 1 unspecified atom stereocenters. The SMILES string of the molecule is CC(CCC#N)c1ccc(S(=O)(=O)C(C)C)cc1. The first-order valence-corrected chi connectivity index (χ1v) is 7.65. The second kappa shape index (κ2) is 6.01. The van der Waals surface area contributed by atoms with E-state index in [0.717, 1.165) is 12.0 Å². The Kier molecular flexibility index (Phi) is 4.92. The first-order chi connectivity index (χ1) is 8.39.